The Kier molecular flexibility index (Phi) is 11.5. The third-order valence-electron chi connectivity index (χ3n) is 5.56. The molecule has 4 unspecified atom stereocenters. The Balaban J connectivity index is 2.93. The number of hydrogen-bond donors (Lipinski definition) is 4. The van der Waals surface area contributed by atoms with Crippen molar-refractivity contribution in [3.63, 3.8) is 0 Å². The van der Waals surface area contributed by atoms with E-state index in [9.17, 15) is 24.0 Å². The molecule has 34 heavy (non-hydrogen) atoms. The molecule has 1 rings (SSSR count). The summed E-state index contributed by atoms with van der Waals surface area (Å²) >= 11 is 0. The van der Waals surface area contributed by atoms with Crippen molar-refractivity contribution in [3.05, 3.63) is 0 Å². The van der Waals surface area contributed by atoms with Crippen molar-refractivity contribution in [1.82, 2.24) is 21.3 Å². The van der Waals surface area contributed by atoms with Crippen molar-refractivity contribution in [3.8, 4) is 0 Å². The minimum absolute atomic E-state index is 0.0657. The Hall–Kier alpha value is -2.65. The fourth-order valence-electron chi connectivity index (χ4n) is 3.41. The summed E-state index contributed by atoms with van der Waals surface area (Å²) in [5.41, 5.74) is -0.224. The maximum atomic E-state index is 13.1. The highest BCUT2D eigenvalue weighted by atomic mass is 16.5. The molecule has 4 amide bonds. The maximum absolute atomic E-state index is 13.1. The van der Waals surface area contributed by atoms with E-state index in [1.807, 2.05) is 48.5 Å². The number of nitrogens with one attached hydrogen (secondary N) is 4. The van der Waals surface area contributed by atoms with Gasteiger partial charge in [-0.05, 0) is 36.5 Å². The molecule has 194 valence electrons. The van der Waals surface area contributed by atoms with E-state index in [1.165, 1.54) is 0 Å². The maximum Gasteiger partial charge on any atom is 0.407 e. The number of carbonyl (C=O) groups excluding carboxylic acids is 5. The van der Waals surface area contributed by atoms with Gasteiger partial charge in [-0.25, -0.2) is 4.79 Å². The first kappa shape index (κ1) is 29.4. The summed E-state index contributed by atoms with van der Waals surface area (Å²) in [5.74, 6) is -2.60. The van der Waals surface area contributed by atoms with Gasteiger partial charge in [-0.15, -0.1) is 0 Å². The van der Waals surface area contributed by atoms with Gasteiger partial charge in [-0.3, -0.25) is 19.2 Å². The van der Waals surface area contributed by atoms with Crippen LogP contribution < -0.4 is 21.3 Å². The molecule has 0 bridgehead atoms. The van der Waals surface area contributed by atoms with E-state index in [1.54, 1.807) is 0 Å². The van der Waals surface area contributed by atoms with E-state index >= 15 is 0 Å². The van der Waals surface area contributed by atoms with Crippen LogP contribution in [0.5, 0.6) is 0 Å². The number of rotatable bonds is 10. The zero-order valence-electron chi connectivity index (χ0n) is 21.6. The average Bonchev–Trinajstić information content (AvgIpc) is 2.89. The standard InChI is InChI=1S/C24H42N4O6/c1-8-15(4)18(28-23(33)34-13-24(5,6)7)21(31)27-17(12-14(2)3)20(30)26-16-10-9-11-25-22(32)19(16)29/h14-18H,8-13H2,1-7H3,(H,25,32)(H,26,30)(H,27,31)(H,28,33). The van der Waals surface area contributed by atoms with Gasteiger partial charge in [0.1, 0.15) is 12.1 Å². The third kappa shape index (κ3) is 10.1. The average molecular weight is 483 g/mol. The van der Waals surface area contributed by atoms with Crippen molar-refractivity contribution in [1.29, 1.82) is 0 Å². The molecule has 4 N–H and O–H groups in total. The highest BCUT2D eigenvalue weighted by molar-refractivity contribution is 6.38. The predicted molar refractivity (Wildman–Crippen MR) is 128 cm³/mol. The lowest BCUT2D eigenvalue weighted by atomic mass is 9.96. The van der Waals surface area contributed by atoms with E-state index in [2.05, 4.69) is 21.3 Å². The number of ketones is 1. The number of Topliss-reactive ketones (excluding diaryl/α,β-unsaturated/α-hetero) is 1. The second-order valence-electron chi connectivity index (χ2n) is 10.7. The fourth-order valence-corrected chi connectivity index (χ4v) is 3.41. The van der Waals surface area contributed by atoms with Crippen LogP contribution >= 0.6 is 0 Å². The molecule has 0 aromatic heterocycles. The Morgan fingerprint density at radius 3 is 2.29 bits per heavy atom. The second-order valence-corrected chi connectivity index (χ2v) is 10.7. The van der Waals surface area contributed by atoms with Crippen LogP contribution in [0.25, 0.3) is 0 Å². The highest BCUT2D eigenvalue weighted by Crippen LogP contribution is 2.15. The molecule has 1 aliphatic heterocycles. The number of ether oxygens (including phenoxy) is 1. The monoisotopic (exact) mass is 482 g/mol. The molecular formula is C24H42N4O6. The van der Waals surface area contributed by atoms with E-state index in [0.29, 0.717) is 32.2 Å². The lowest BCUT2D eigenvalue weighted by molar-refractivity contribution is -0.140. The van der Waals surface area contributed by atoms with Crippen molar-refractivity contribution in [2.45, 2.75) is 92.3 Å². The van der Waals surface area contributed by atoms with Gasteiger partial charge in [0.15, 0.2) is 0 Å². The summed E-state index contributed by atoms with van der Waals surface area (Å²) < 4.78 is 5.25. The fraction of sp³-hybridized carbons (Fsp3) is 0.792. The Bertz CT molecular complexity index is 746. The Morgan fingerprint density at radius 2 is 1.74 bits per heavy atom. The lowest BCUT2D eigenvalue weighted by Gasteiger charge is -2.28. The molecule has 0 aliphatic carbocycles. The molecule has 0 saturated carbocycles. The minimum Gasteiger partial charge on any atom is -0.449 e. The van der Waals surface area contributed by atoms with Crippen LogP contribution in [0.4, 0.5) is 4.79 Å². The van der Waals surface area contributed by atoms with E-state index in [0.717, 1.165) is 0 Å². The minimum atomic E-state index is -0.933. The zero-order chi connectivity index (χ0) is 26.1. The molecule has 1 aliphatic rings. The lowest BCUT2D eigenvalue weighted by Crippen LogP contribution is -2.57. The third-order valence-corrected chi connectivity index (χ3v) is 5.56. The summed E-state index contributed by atoms with van der Waals surface area (Å²) in [6, 6.07) is -2.76. The van der Waals surface area contributed by atoms with Gasteiger partial charge in [0.25, 0.3) is 5.91 Å². The van der Waals surface area contributed by atoms with E-state index < -0.39 is 47.7 Å². The Morgan fingerprint density at radius 1 is 1.09 bits per heavy atom. The predicted octanol–water partition coefficient (Wildman–Crippen LogP) is 1.67. The molecule has 4 atom stereocenters. The van der Waals surface area contributed by atoms with E-state index in [4.69, 9.17) is 4.74 Å². The summed E-state index contributed by atoms with van der Waals surface area (Å²) in [6.07, 6.45) is 1.13. The number of alkyl carbamates (subject to hydrolysis) is 1. The first-order valence-corrected chi connectivity index (χ1v) is 12.1. The van der Waals surface area contributed by atoms with Crippen molar-refractivity contribution in [2.24, 2.45) is 17.3 Å². The first-order chi connectivity index (χ1) is 15.7. The van der Waals surface area contributed by atoms with Crippen LogP contribution in [0, 0.1) is 17.3 Å². The summed E-state index contributed by atoms with van der Waals surface area (Å²) in [6.45, 7) is 13.9. The molecule has 0 radical (unpaired) electrons. The molecule has 1 saturated heterocycles. The largest absolute Gasteiger partial charge is 0.449 e. The molecule has 1 heterocycles. The van der Waals surface area contributed by atoms with Crippen molar-refractivity contribution >= 4 is 29.6 Å². The van der Waals surface area contributed by atoms with Crippen LogP contribution in [0.3, 0.4) is 0 Å². The van der Waals surface area contributed by atoms with E-state index in [-0.39, 0.29) is 23.9 Å². The molecular weight excluding hydrogens is 440 g/mol. The number of carbonyl (C=O) groups is 5. The van der Waals surface area contributed by atoms with Crippen LogP contribution in [-0.4, -0.2) is 60.9 Å². The molecule has 1 fully saturated rings. The van der Waals surface area contributed by atoms with Gasteiger partial charge in [-0.1, -0.05) is 54.9 Å². The van der Waals surface area contributed by atoms with Gasteiger partial charge >= 0.3 is 6.09 Å². The number of amides is 4. The highest BCUT2D eigenvalue weighted by Gasteiger charge is 2.34. The summed E-state index contributed by atoms with van der Waals surface area (Å²) in [4.78, 5) is 62.6. The van der Waals surface area contributed by atoms with Crippen LogP contribution in [0.15, 0.2) is 0 Å². The smallest absolute Gasteiger partial charge is 0.407 e. The first-order valence-electron chi connectivity index (χ1n) is 12.1. The normalized spacial score (nSPS) is 19.4. The molecule has 10 nitrogen and oxygen atoms in total. The van der Waals surface area contributed by atoms with Gasteiger partial charge in [-0.2, -0.15) is 0 Å². The van der Waals surface area contributed by atoms with Gasteiger partial charge < -0.3 is 26.0 Å². The van der Waals surface area contributed by atoms with Gasteiger partial charge in [0.05, 0.1) is 12.6 Å². The van der Waals surface area contributed by atoms with Crippen LogP contribution in [-0.2, 0) is 23.9 Å². The quantitative estimate of drug-likeness (QED) is 0.349. The summed E-state index contributed by atoms with van der Waals surface area (Å²) in [7, 11) is 0. The van der Waals surface area contributed by atoms with Crippen LogP contribution in [0.2, 0.25) is 0 Å². The second kappa shape index (κ2) is 13.3. The van der Waals surface area contributed by atoms with Crippen LogP contribution in [0.1, 0.15) is 74.1 Å². The topological polar surface area (TPSA) is 143 Å². The Labute approximate surface area is 202 Å². The molecule has 0 spiro atoms. The van der Waals surface area contributed by atoms with Gasteiger partial charge in [0, 0.05) is 6.54 Å². The molecule has 0 aromatic rings. The summed E-state index contributed by atoms with van der Waals surface area (Å²) in [5, 5.41) is 10.5. The number of hydrogen-bond acceptors (Lipinski definition) is 6. The zero-order valence-corrected chi connectivity index (χ0v) is 21.6. The van der Waals surface area contributed by atoms with Crippen molar-refractivity contribution in [2.75, 3.05) is 13.2 Å². The molecule has 10 heteroatoms. The SMILES string of the molecule is CCC(C)C(NC(=O)OCC(C)(C)C)C(=O)NC(CC(C)C)C(=O)NC1CCCNC(=O)C1=O. The van der Waals surface area contributed by atoms with Gasteiger partial charge in [0.2, 0.25) is 17.6 Å². The molecule has 0 aromatic carbocycles. The van der Waals surface area contributed by atoms with Crippen molar-refractivity contribution < 1.29 is 28.7 Å².